The summed E-state index contributed by atoms with van der Waals surface area (Å²) in [5.74, 6) is -0.604. The van der Waals surface area contributed by atoms with Gasteiger partial charge in [0, 0.05) is 51.3 Å². The van der Waals surface area contributed by atoms with Gasteiger partial charge in [-0.1, -0.05) is 54.6 Å². The predicted molar refractivity (Wildman–Crippen MR) is 210 cm³/mol. The molecule has 0 spiro atoms. The quantitative estimate of drug-likeness (QED) is 0.114. The molecule has 1 saturated carbocycles. The molecule has 3 atom stereocenters. The molecule has 1 aliphatic heterocycles. The molecule has 1 saturated heterocycles. The maximum Gasteiger partial charge on any atom is 0.410 e. The molecule has 55 heavy (non-hydrogen) atoms. The highest BCUT2D eigenvalue weighted by Crippen LogP contribution is 2.41. The fourth-order valence-corrected chi connectivity index (χ4v) is 6.93. The zero-order chi connectivity index (χ0) is 39.8. The van der Waals surface area contributed by atoms with Gasteiger partial charge < -0.3 is 38.2 Å². The van der Waals surface area contributed by atoms with Crippen LogP contribution in [0.3, 0.4) is 0 Å². The van der Waals surface area contributed by atoms with Crippen LogP contribution in [0, 0.1) is 5.92 Å². The van der Waals surface area contributed by atoms with E-state index in [4.69, 9.17) is 28.4 Å². The van der Waals surface area contributed by atoms with Gasteiger partial charge in [0.15, 0.2) is 0 Å². The first-order valence-corrected chi connectivity index (χ1v) is 19.2. The second-order valence-electron chi connectivity index (χ2n) is 16.4. The summed E-state index contributed by atoms with van der Waals surface area (Å²) in [5, 5.41) is 0. The Labute approximate surface area is 326 Å². The lowest BCUT2D eigenvalue weighted by Gasteiger charge is -2.44. The number of nitrogens with zero attached hydrogens (tertiary/aromatic N) is 2. The molecule has 2 aliphatic rings. The highest BCUT2D eigenvalue weighted by atomic mass is 16.6. The standard InChI is InChI=1S/C44H58N2O9/c1-43(2,3)54-39(47)29-53-38-28-45(42(49)55-44(4,5)6)27-37(40(38)33-17-12-16-32(24-33)31-14-10-9-11-15-31)41(48)46(34-18-19-34)26-30-22-35(51-8)25-36(23-30)52-21-13-20-50-7/h9-12,14-17,22-25,34,37-38,40H,13,18-21,26-29H2,1-8H3/t37-,38+,40+/m0/s1. The molecule has 11 nitrogen and oxygen atoms in total. The van der Waals surface area contributed by atoms with Gasteiger partial charge in [-0.2, -0.15) is 0 Å². The summed E-state index contributed by atoms with van der Waals surface area (Å²) < 4.78 is 34.7. The third kappa shape index (κ3) is 12.2. The Balaban J connectivity index is 1.54. The van der Waals surface area contributed by atoms with Crippen molar-refractivity contribution in [1.29, 1.82) is 0 Å². The van der Waals surface area contributed by atoms with Gasteiger partial charge >= 0.3 is 12.1 Å². The van der Waals surface area contributed by atoms with Crippen molar-refractivity contribution < 1.29 is 42.8 Å². The van der Waals surface area contributed by atoms with E-state index < -0.39 is 41.2 Å². The van der Waals surface area contributed by atoms with Crippen molar-refractivity contribution in [2.75, 3.05) is 47.1 Å². The van der Waals surface area contributed by atoms with E-state index in [0.717, 1.165) is 41.5 Å². The van der Waals surface area contributed by atoms with Crippen LogP contribution in [0.25, 0.3) is 11.1 Å². The lowest BCUT2D eigenvalue weighted by Crippen LogP contribution is -2.56. The van der Waals surface area contributed by atoms with Gasteiger partial charge in [0.1, 0.15) is 29.3 Å². The van der Waals surface area contributed by atoms with Crippen LogP contribution in [-0.2, 0) is 35.1 Å². The summed E-state index contributed by atoms with van der Waals surface area (Å²) in [5.41, 5.74) is 2.28. The maximum atomic E-state index is 15.3. The molecule has 1 heterocycles. The Hall–Kier alpha value is -4.61. The van der Waals surface area contributed by atoms with Crippen molar-refractivity contribution in [1.82, 2.24) is 9.80 Å². The van der Waals surface area contributed by atoms with Crippen LogP contribution in [0.2, 0.25) is 0 Å². The van der Waals surface area contributed by atoms with Crippen molar-refractivity contribution >= 4 is 18.0 Å². The average molecular weight is 759 g/mol. The number of piperidine rings is 1. The lowest BCUT2D eigenvalue weighted by atomic mass is 9.77. The van der Waals surface area contributed by atoms with Crippen molar-refractivity contribution in [3.63, 3.8) is 0 Å². The third-order valence-corrected chi connectivity index (χ3v) is 9.39. The van der Waals surface area contributed by atoms with Gasteiger partial charge in [0.25, 0.3) is 0 Å². The number of rotatable bonds is 15. The van der Waals surface area contributed by atoms with E-state index in [-0.39, 0.29) is 31.6 Å². The lowest BCUT2D eigenvalue weighted by molar-refractivity contribution is -0.165. The largest absolute Gasteiger partial charge is 0.497 e. The van der Waals surface area contributed by atoms with Gasteiger partial charge in [-0.15, -0.1) is 0 Å². The van der Waals surface area contributed by atoms with Crippen molar-refractivity contribution in [3.8, 4) is 22.6 Å². The second-order valence-corrected chi connectivity index (χ2v) is 16.4. The van der Waals surface area contributed by atoms with E-state index in [1.165, 1.54) is 0 Å². The minimum absolute atomic E-state index is 0.0270. The SMILES string of the molecule is COCCCOc1cc(CN(C(=O)[C@H]2CN(C(=O)OC(C)(C)C)C[C@@H](OCC(=O)OC(C)(C)C)[C@@H]2c2cccc(-c3ccccc3)c2)C2CC2)cc(OC)c1. The number of methoxy groups -OCH3 is 2. The number of benzene rings is 3. The summed E-state index contributed by atoms with van der Waals surface area (Å²) in [6.45, 7) is 12.1. The summed E-state index contributed by atoms with van der Waals surface area (Å²) >= 11 is 0. The minimum Gasteiger partial charge on any atom is -0.497 e. The molecule has 0 unspecified atom stereocenters. The minimum atomic E-state index is -0.764. The monoisotopic (exact) mass is 758 g/mol. The molecule has 2 fully saturated rings. The first-order chi connectivity index (χ1) is 26.1. The van der Waals surface area contributed by atoms with E-state index in [1.54, 1.807) is 39.9 Å². The van der Waals surface area contributed by atoms with Crippen LogP contribution < -0.4 is 9.47 Å². The smallest absolute Gasteiger partial charge is 0.410 e. The normalized spacial score (nSPS) is 18.7. The number of carbonyl (C=O) groups is 3. The molecule has 298 valence electrons. The number of hydrogen-bond acceptors (Lipinski definition) is 9. The fraction of sp³-hybridized carbons (Fsp3) is 0.523. The first-order valence-electron chi connectivity index (χ1n) is 19.2. The molecule has 0 aromatic heterocycles. The number of amides is 2. The van der Waals surface area contributed by atoms with Crippen LogP contribution in [0.15, 0.2) is 72.8 Å². The Morgan fingerprint density at radius 1 is 0.782 bits per heavy atom. The van der Waals surface area contributed by atoms with Gasteiger partial charge in [-0.05, 0) is 88.8 Å². The zero-order valence-electron chi connectivity index (χ0n) is 33.7. The van der Waals surface area contributed by atoms with Crippen LogP contribution >= 0.6 is 0 Å². The van der Waals surface area contributed by atoms with Gasteiger partial charge in [0.2, 0.25) is 5.91 Å². The molecule has 5 rings (SSSR count). The topological polar surface area (TPSA) is 113 Å². The Bertz CT molecular complexity index is 1750. The number of ether oxygens (including phenoxy) is 6. The maximum absolute atomic E-state index is 15.3. The second kappa shape index (κ2) is 18.3. The molecule has 0 N–H and O–H groups in total. The Morgan fingerprint density at radius 3 is 2.13 bits per heavy atom. The van der Waals surface area contributed by atoms with Crippen molar-refractivity contribution in [2.24, 2.45) is 5.92 Å². The molecule has 1 aliphatic carbocycles. The molecule has 3 aromatic rings. The summed E-state index contributed by atoms with van der Waals surface area (Å²) in [6, 6.07) is 23.9. The van der Waals surface area contributed by atoms with E-state index in [1.807, 2.05) is 92.4 Å². The summed E-state index contributed by atoms with van der Waals surface area (Å²) in [4.78, 5) is 45.5. The van der Waals surface area contributed by atoms with Crippen LogP contribution in [-0.4, -0.2) is 98.2 Å². The zero-order valence-corrected chi connectivity index (χ0v) is 33.7. The molecule has 3 aromatic carbocycles. The van der Waals surface area contributed by atoms with Crippen LogP contribution in [0.5, 0.6) is 11.5 Å². The predicted octanol–water partition coefficient (Wildman–Crippen LogP) is 7.65. The van der Waals surface area contributed by atoms with E-state index in [0.29, 0.717) is 31.3 Å². The van der Waals surface area contributed by atoms with Gasteiger partial charge in [-0.3, -0.25) is 4.79 Å². The fourth-order valence-electron chi connectivity index (χ4n) is 6.93. The Kier molecular flexibility index (Phi) is 13.9. The number of carbonyl (C=O) groups excluding carboxylic acids is 3. The van der Waals surface area contributed by atoms with Crippen LogP contribution in [0.1, 0.15) is 77.8 Å². The van der Waals surface area contributed by atoms with Crippen molar-refractivity contribution in [3.05, 3.63) is 83.9 Å². The van der Waals surface area contributed by atoms with Crippen LogP contribution in [0.4, 0.5) is 4.79 Å². The molecule has 0 bridgehead atoms. The van der Waals surface area contributed by atoms with Crippen molar-refractivity contribution in [2.45, 2.75) is 96.6 Å². The molecule has 2 amide bonds. The van der Waals surface area contributed by atoms with Gasteiger partial charge in [-0.25, -0.2) is 9.59 Å². The molecule has 11 heteroatoms. The van der Waals surface area contributed by atoms with E-state index in [9.17, 15) is 9.59 Å². The highest BCUT2D eigenvalue weighted by molar-refractivity contribution is 5.82. The van der Waals surface area contributed by atoms with Gasteiger partial charge in [0.05, 0.1) is 32.3 Å². The first kappa shape index (κ1) is 41.6. The summed E-state index contributed by atoms with van der Waals surface area (Å²) in [7, 11) is 3.27. The Morgan fingerprint density at radius 2 is 1.47 bits per heavy atom. The summed E-state index contributed by atoms with van der Waals surface area (Å²) in [6.07, 6.45) is 1.18. The van der Waals surface area contributed by atoms with E-state index >= 15 is 4.79 Å². The highest BCUT2D eigenvalue weighted by Gasteiger charge is 2.48. The number of likely N-dealkylation sites (tertiary alicyclic amines) is 1. The third-order valence-electron chi connectivity index (χ3n) is 9.39. The number of esters is 1. The molecule has 0 radical (unpaired) electrons. The van der Waals surface area contributed by atoms with E-state index in [2.05, 4.69) is 6.07 Å². The average Bonchev–Trinajstić information content (AvgIpc) is 3.99. The number of hydrogen-bond donors (Lipinski definition) is 0. The molecular weight excluding hydrogens is 700 g/mol. The molecular formula is C44H58N2O9.